The van der Waals surface area contributed by atoms with Crippen LogP contribution in [0.1, 0.15) is 52.1 Å². The van der Waals surface area contributed by atoms with Crippen molar-refractivity contribution in [1.82, 2.24) is 0 Å². The van der Waals surface area contributed by atoms with Crippen LogP contribution in [0.5, 0.6) is 11.5 Å². The molecule has 1 N–H and O–H groups in total. The van der Waals surface area contributed by atoms with E-state index in [0.29, 0.717) is 35.1 Å². The standard InChI is InChI=1S/C28H26ClNO5/c1-4-11-34-21-8-9-22(24(29)14-21)26(31)30-15-20-12-18(7-10-25(20)35-27(30)17(30)3)19-6-5-16(2)23(13-19)28(32)33/h5-10,12-14,17,27H,4,11,15H2,1-3H3/p+1. The Morgan fingerprint density at radius 1 is 1.09 bits per heavy atom. The number of fused-ring (bicyclic) bond motifs is 2. The highest BCUT2D eigenvalue weighted by Gasteiger charge is 2.73. The van der Waals surface area contributed by atoms with Crippen molar-refractivity contribution in [1.29, 1.82) is 0 Å². The molecule has 3 aromatic rings. The molecule has 0 aliphatic carbocycles. The molecule has 0 saturated carbocycles. The summed E-state index contributed by atoms with van der Waals surface area (Å²) in [4.78, 5) is 25.3. The Bertz CT molecular complexity index is 1350. The molecule has 0 radical (unpaired) electrons. The number of amides is 1. The number of carboxylic acids is 1. The number of ether oxygens (including phenoxy) is 2. The van der Waals surface area contributed by atoms with Crippen LogP contribution in [0.25, 0.3) is 11.1 Å². The number of hydrogen-bond acceptors (Lipinski definition) is 4. The second-order valence-corrected chi connectivity index (χ2v) is 9.70. The van der Waals surface area contributed by atoms with Gasteiger partial charge in [0.2, 0.25) is 0 Å². The molecule has 1 saturated heterocycles. The number of benzene rings is 3. The number of aromatic carboxylic acids is 1. The molecule has 5 rings (SSSR count). The van der Waals surface area contributed by atoms with Gasteiger partial charge in [0, 0.05) is 5.56 Å². The van der Waals surface area contributed by atoms with Crippen molar-refractivity contribution in [2.75, 3.05) is 6.61 Å². The third-order valence-electron chi connectivity index (χ3n) is 7.07. The van der Waals surface area contributed by atoms with Crippen LogP contribution in [0, 0.1) is 6.92 Å². The lowest BCUT2D eigenvalue weighted by molar-refractivity contribution is -0.770. The Hall–Kier alpha value is -3.35. The lowest BCUT2D eigenvalue weighted by atomic mass is 9.97. The van der Waals surface area contributed by atoms with Gasteiger partial charge in [-0.3, -0.25) is 0 Å². The molecule has 7 heteroatoms. The summed E-state index contributed by atoms with van der Waals surface area (Å²) in [5, 5.41) is 9.87. The van der Waals surface area contributed by atoms with E-state index in [9.17, 15) is 14.7 Å². The fourth-order valence-corrected chi connectivity index (χ4v) is 5.21. The largest absolute Gasteiger partial charge is 0.494 e. The highest BCUT2D eigenvalue weighted by atomic mass is 35.5. The van der Waals surface area contributed by atoms with E-state index in [-0.39, 0.29) is 28.2 Å². The zero-order chi connectivity index (χ0) is 24.9. The number of carbonyl (C=O) groups is 2. The van der Waals surface area contributed by atoms with Gasteiger partial charge in [-0.05, 0) is 73.4 Å². The third kappa shape index (κ3) is 3.87. The number of halogens is 1. The van der Waals surface area contributed by atoms with Crippen molar-refractivity contribution in [3.63, 3.8) is 0 Å². The van der Waals surface area contributed by atoms with Crippen molar-refractivity contribution in [3.05, 3.63) is 81.9 Å². The number of nitrogens with zero attached hydrogens (tertiary/aromatic N) is 1. The molecule has 3 aromatic carbocycles. The Balaban J connectivity index is 1.46. The van der Waals surface area contributed by atoms with Gasteiger partial charge in [-0.15, -0.1) is 0 Å². The van der Waals surface area contributed by atoms with Gasteiger partial charge in [-0.2, -0.15) is 0 Å². The Kier molecular flexibility index (Phi) is 5.82. The van der Waals surface area contributed by atoms with Gasteiger partial charge >= 0.3 is 11.9 Å². The molecule has 2 heterocycles. The monoisotopic (exact) mass is 492 g/mol. The van der Waals surface area contributed by atoms with E-state index in [1.165, 1.54) is 0 Å². The summed E-state index contributed by atoms with van der Waals surface area (Å²) in [6.45, 7) is 6.89. The fraction of sp³-hybridized carbons (Fsp3) is 0.286. The molecule has 2 aliphatic rings. The van der Waals surface area contributed by atoms with Gasteiger partial charge < -0.3 is 14.6 Å². The lowest BCUT2D eigenvalue weighted by Crippen LogP contribution is -2.40. The number of aryl methyl sites for hydroxylation is 1. The molecule has 2 aliphatic heterocycles. The van der Waals surface area contributed by atoms with E-state index in [1.54, 1.807) is 31.2 Å². The first kappa shape index (κ1) is 23.4. The summed E-state index contributed by atoms with van der Waals surface area (Å²) >= 11 is 6.51. The van der Waals surface area contributed by atoms with Gasteiger partial charge in [0.05, 0.1) is 22.8 Å². The highest BCUT2D eigenvalue weighted by Crippen LogP contribution is 2.51. The molecule has 1 amide bonds. The number of carboxylic acid groups (broad SMARTS) is 1. The summed E-state index contributed by atoms with van der Waals surface area (Å²) in [5.74, 6) is 0.371. The molecule has 3 unspecified atom stereocenters. The molecule has 0 spiro atoms. The smallest absolute Gasteiger partial charge is 0.351 e. The first-order valence-electron chi connectivity index (χ1n) is 11.7. The average molecular weight is 493 g/mol. The number of hydrogen-bond donors (Lipinski definition) is 1. The molecule has 3 atom stereocenters. The van der Waals surface area contributed by atoms with E-state index in [0.717, 1.165) is 28.9 Å². The fourth-order valence-electron chi connectivity index (χ4n) is 4.96. The first-order chi connectivity index (χ1) is 16.8. The summed E-state index contributed by atoms with van der Waals surface area (Å²) < 4.78 is 12.0. The minimum Gasteiger partial charge on any atom is -0.494 e. The van der Waals surface area contributed by atoms with Gasteiger partial charge in [0.15, 0.2) is 6.04 Å². The summed E-state index contributed by atoms with van der Waals surface area (Å²) in [6.07, 6.45) is 0.627. The van der Waals surface area contributed by atoms with Crippen LogP contribution in [0.4, 0.5) is 0 Å². The second kappa shape index (κ2) is 8.70. The molecule has 35 heavy (non-hydrogen) atoms. The SMILES string of the molecule is CCCOc1ccc(C(=O)[N+]23Cc4cc(-c5ccc(C)c(C(=O)O)c5)ccc4OC2C3C)c(Cl)c1. The molecular weight excluding hydrogens is 466 g/mol. The zero-order valence-corrected chi connectivity index (χ0v) is 20.6. The highest BCUT2D eigenvalue weighted by molar-refractivity contribution is 6.33. The summed E-state index contributed by atoms with van der Waals surface area (Å²) in [7, 11) is 0. The van der Waals surface area contributed by atoms with Crippen LogP contribution >= 0.6 is 11.6 Å². The predicted octanol–water partition coefficient (Wildman–Crippen LogP) is 6.08. The van der Waals surface area contributed by atoms with Crippen molar-refractivity contribution < 1.29 is 28.7 Å². The second-order valence-electron chi connectivity index (χ2n) is 9.29. The van der Waals surface area contributed by atoms with Crippen LogP contribution < -0.4 is 9.47 Å². The maximum atomic E-state index is 13.7. The van der Waals surface area contributed by atoms with Crippen LogP contribution in [0.15, 0.2) is 54.6 Å². The van der Waals surface area contributed by atoms with Gasteiger partial charge in [0.1, 0.15) is 18.0 Å². The van der Waals surface area contributed by atoms with Gasteiger partial charge in [-0.1, -0.05) is 36.7 Å². The molecule has 1 fully saturated rings. The number of rotatable bonds is 6. The van der Waals surface area contributed by atoms with Gasteiger partial charge in [0.25, 0.3) is 6.23 Å². The van der Waals surface area contributed by atoms with Crippen LogP contribution in [-0.2, 0) is 6.54 Å². The van der Waals surface area contributed by atoms with Crippen LogP contribution in [0.3, 0.4) is 0 Å². The van der Waals surface area contributed by atoms with E-state index in [4.69, 9.17) is 21.1 Å². The minimum atomic E-state index is -0.954. The van der Waals surface area contributed by atoms with Crippen molar-refractivity contribution in [2.45, 2.75) is 46.0 Å². The maximum Gasteiger partial charge on any atom is 0.351 e. The summed E-state index contributed by atoms with van der Waals surface area (Å²) in [5.41, 5.74) is 4.03. The Morgan fingerprint density at radius 3 is 2.54 bits per heavy atom. The van der Waals surface area contributed by atoms with E-state index < -0.39 is 5.97 Å². The molecular formula is C28H27ClNO5+. The minimum absolute atomic E-state index is 0.0107. The number of carbonyl (C=O) groups excluding carboxylic acids is 1. The Labute approximate surface area is 209 Å². The van der Waals surface area contributed by atoms with Crippen molar-refractivity contribution >= 4 is 23.5 Å². The Morgan fingerprint density at radius 2 is 1.83 bits per heavy atom. The van der Waals surface area contributed by atoms with E-state index in [1.807, 2.05) is 44.2 Å². The van der Waals surface area contributed by atoms with Crippen LogP contribution in [0.2, 0.25) is 5.02 Å². The summed E-state index contributed by atoms with van der Waals surface area (Å²) in [6, 6.07) is 16.4. The van der Waals surface area contributed by atoms with Gasteiger partial charge in [-0.25, -0.2) is 14.1 Å². The molecule has 6 nitrogen and oxygen atoms in total. The molecule has 0 bridgehead atoms. The van der Waals surface area contributed by atoms with Crippen LogP contribution in [-0.4, -0.2) is 40.3 Å². The zero-order valence-electron chi connectivity index (χ0n) is 19.9. The lowest BCUT2D eigenvalue weighted by Gasteiger charge is -2.25. The molecule has 180 valence electrons. The normalized spacial score (nSPS) is 21.9. The third-order valence-corrected chi connectivity index (χ3v) is 7.38. The topological polar surface area (TPSA) is 72.8 Å². The predicted molar refractivity (Wildman–Crippen MR) is 133 cm³/mol. The number of quaternary nitrogens is 1. The van der Waals surface area contributed by atoms with Crippen molar-refractivity contribution in [3.8, 4) is 22.6 Å². The first-order valence-corrected chi connectivity index (χ1v) is 12.1. The van der Waals surface area contributed by atoms with E-state index in [2.05, 4.69) is 0 Å². The van der Waals surface area contributed by atoms with E-state index >= 15 is 0 Å². The van der Waals surface area contributed by atoms with Crippen molar-refractivity contribution in [2.24, 2.45) is 0 Å². The average Bonchev–Trinajstić information content (AvgIpc) is 3.44. The maximum absolute atomic E-state index is 13.7. The quantitative estimate of drug-likeness (QED) is 0.333. The molecule has 0 aromatic heterocycles.